The molecular weight excluding hydrogens is 480 g/mol. The van der Waals surface area contributed by atoms with Crippen LogP contribution in [0.4, 0.5) is 5.95 Å². The van der Waals surface area contributed by atoms with E-state index in [2.05, 4.69) is 14.7 Å². The van der Waals surface area contributed by atoms with Crippen molar-refractivity contribution in [3.63, 3.8) is 0 Å². The topological polar surface area (TPSA) is 144 Å². The van der Waals surface area contributed by atoms with Crippen molar-refractivity contribution in [2.45, 2.75) is 50.5 Å². The molecule has 1 aliphatic rings. The lowest BCUT2D eigenvalue weighted by molar-refractivity contribution is 0.0696. The van der Waals surface area contributed by atoms with E-state index in [1.54, 1.807) is 6.07 Å². The molecule has 0 aliphatic heterocycles. The number of hydrogen-bond acceptors (Lipinski definition) is 7. The van der Waals surface area contributed by atoms with Crippen LogP contribution < -0.4 is 15.2 Å². The summed E-state index contributed by atoms with van der Waals surface area (Å²) in [5.74, 6) is -0.584. The van der Waals surface area contributed by atoms with Gasteiger partial charge in [-0.2, -0.15) is 4.98 Å². The number of aryl methyl sites for hydroxylation is 2. The van der Waals surface area contributed by atoms with Crippen molar-refractivity contribution in [3.05, 3.63) is 65.2 Å². The first-order chi connectivity index (χ1) is 17.1. The summed E-state index contributed by atoms with van der Waals surface area (Å²) in [6, 6.07) is 12.4. The van der Waals surface area contributed by atoms with Gasteiger partial charge < -0.3 is 15.6 Å². The van der Waals surface area contributed by atoms with E-state index in [0.717, 1.165) is 29.2 Å². The van der Waals surface area contributed by atoms with Gasteiger partial charge in [0.15, 0.2) is 0 Å². The number of aromatic nitrogens is 2. The van der Waals surface area contributed by atoms with E-state index in [1.165, 1.54) is 37.5 Å². The zero-order valence-corrected chi connectivity index (χ0v) is 21.1. The second-order valence-electron chi connectivity index (χ2n) is 9.22. The van der Waals surface area contributed by atoms with Gasteiger partial charge in [-0.15, -0.1) is 0 Å². The minimum absolute atomic E-state index is 0.146. The summed E-state index contributed by atoms with van der Waals surface area (Å²) in [4.78, 5) is 19.8. The highest BCUT2D eigenvalue weighted by Gasteiger charge is 2.22. The molecule has 36 heavy (non-hydrogen) atoms. The number of anilines is 1. The zero-order chi connectivity index (χ0) is 25.9. The SMILES string of the molecule is Cc1cccc(C)c1-c1cc(OCC(N)CC2CCC2)nc(NS(=O)(=O)c2cccc(C(=O)O)c2)n1. The number of benzene rings is 2. The smallest absolute Gasteiger partial charge is 0.335 e. The monoisotopic (exact) mass is 510 g/mol. The number of hydrogen-bond donors (Lipinski definition) is 3. The molecule has 1 aliphatic carbocycles. The Hall–Kier alpha value is -3.50. The average molecular weight is 511 g/mol. The van der Waals surface area contributed by atoms with Crippen molar-refractivity contribution in [2.75, 3.05) is 11.3 Å². The van der Waals surface area contributed by atoms with Crippen molar-refractivity contribution >= 4 is 21.9 Å². The Morgan fingerprint density at radius 3 is 2.47 bits per heavy atom. The number of aromatic carboxylic acids is 1. The van der Waals surface area contributed by atoms with E-state index in [9.17, 15) is 18.3 Å². The molecular formula is C26H30N4O5S. The molecule has 1 aromatic heterocycles. The van der Waals surface area contributed by atoms with E-state index in [0.29, 0.717) is 11.6 Å². The summed E-state index contributed by atoms with van der Waals surface area (Å²) < 4.78 is 34.4. The number of rotatable bonds is 10. The fourth-order valence-electron chi connectivity index (χ4n) is 4.28. The highest BCUT2D eigenvalue weighted by molar-refractivity contribution is 7.92. The van der Waals surface area contributed by atoms with Gasteiger partial charge in [0, 0.05) is 17.7 Å². The molecule has 0 radical (unpaired) electrons. The maximum Gasteiger partial charge on any atom is 0.335 e. The van der Waals surface area contributed by atoms with E-state index in [4.69, 9.17) is 10.5 Å². The Balaban J connectivity index is 1.66. The zero-order valence-electron chi connectivity index (χ0n) is 20.3. The number of sulfonamides is 1. The van der Waals surface area contributed by atoms with Crippen LogP contribution in [0, 0.1) is 19.8 Å². The molecule has 190 valence electrons. The van der Waals surface area contributed by atoms with E-state index >= 15 is 0 Å². The largest absolute Gasteiger partial charge is 0.478 e. The van der Waals surface area contributed by atoms with Crippen LogP contribution in [0.1, 0.15) is 47.2 Å². The van der Waals surface area contributed by atoms with E-state index in [-0.39, 0.29) is 34.9 Å². The lowest BCUT2D eigenvalue weighted by Gasteiger charge is -2.27. The maximum atomic E-state index is 13.1. The van der Waals surface area contributed by atoms with Gasteiger partial charge in [-0.25, -0.2) is 22.9 Å². The highest BCUT2D eigenvalue weighted by Crippen LogP contribution is 2.31. The Morgan fingerprint density at radius 1 is 1.14 bits per heavy atom. The van der Waals surface area contributed by atoms with Crippen molar-refractivity contribution in [1.29, 1.82) is 0 Å². The summed E-state index contributed by atoms with van der Waals surface area (Å²) in [6.07, 6.45) is 4.48. The predicted octanol–water partition coefficient (Wildman–Crippen LogP) is 4.16. The van der Waals surface area contributed by atoms with Crippen LogP contribution in [0.2, 0.25) is 0 Å². The van der Waals surface area contributed by atoms with Gasteiger partial charge in [-0.05, 0) is 55.5 Å². The van der Waals surface area contributed by atoms with Gasteiger partial charge in [0.05, 0.1) is 16.2 Å². The number of carboxylic acid groups (broad SMARTS) is 1. The number of nitrogens with two attached hydrogens (primary N) is 1. The number of nitrogens with zero attached hydrogens (tertiary/aromatic N) is 2. The molecule has 1 heterocycles. The van der Waals surface area contributed by atoms with Crippen LogP contribution in [0.25, 0.3) is 11.3 Å². The van der Waals surface area contributed by atoms with Gasteiger partial charge in [-0.1, -0.05) is 43.5 Å². The molecule has 0 spiro atoms. The summed E-state index contributed by atoms with van der Waals surface area (Å²) in [5.41, 5.74) is 9.38. The number of ether oxygens (including phenoxy) is 1. The third-order valence-electron chi connectivity index (χ3n) is 6.36. The van der Waals surface area contributed by atoms with Gasteiger partial charge in [-0.3, -0.25) is 0 Å². The lowest BCUT2D eigenvalue weighted by Crippen LogP contribution is -2.32. The minimum Gasteiger partial charge on any atom is -0.478 e. The van der Waals surface area contributed by atoms with Crippen molar-refractivity contribution in [3.8, 4) is 17.1 Å². The summed E-state index contributed by atoms with van der Waals surface area (Å²) in [6.45, 7) is 4.13. The van der Waals surface area contributed by atoms with Crippen molar-refractivity contribution in [2.24, 2.45) is 11.7 Å². The highest BCUT2D eigenvalue weighted by atomic mass is 32.2. The molecule has 1 fully saturated rings. The first kappa shape index (κ1) is 25.6. The number of carbonyl (C=O) groups is 1. The van der Waals surface area contributed by atoms with E-state index in [1.807, 2.05) is 32.0 Å². The lowest BCUT2D eigenvalue weighted by atomic mass is 9.81. The normalized spacial score (nSPS) is 14.6. The molecule has 0 bridgehead atoms. The first-order valence-electron chi connectivity index (χ1n) is 11.8. The third kappa shape index (κ3) is 6.00. The second-order valence-corrected chi connectivity index (χ2v) is 10.9. The second kappa shape index (κ2) is 10.6. The third-order valence-corrected chi connectivity index (χ3v) is 7.69. The van der Waals surface area contributed by atoms with Gasteiger partial charge in [0.25, 0.3) is 10.0 Å². The molecule has 1 unspecified atom stereocenters. The Morgan fingerprint density at radius 2 is 1.83 bits per heavy atom. The van der Waals surface area contributed by atoms with Gasteiger partial charge in [0.1, 0.15) is 6.61 Å². The fraction of sp³-hybridized carbons (Fsp3) is 0.346. The first-order valence-corrected chi connectivity index (χ1v) is 13.3. The molecule has 4 N–H and O–H groups in total. The van der Waals surface area contributed by atoms with Crippen LogP contribution in [0.5, 0.6) is 5.88 Å². The Bertz CT molecular complexity index is 1350. The molecule has 0 amide bonds. The van der Waals surface area contributed by atoms with Gasteiger partial charge >= 0.3 is 5.97 Å². The summed E-state index contributed by atoms with van der Waals surface area (Å²) in [5, 5.41) is 9.23. The maximum absolute atomic E-state index is 13.1. The summed E-state index contributed by atoms with van der Waals surface area (Å²) >= 11 is 0. The van der Waals surface area contributed by atoms with Gasteiger partial charge in [0.2, 0.25) is 11.8 Å². The molecule has 3 aromatic rings. The quantitative estimate of drug-likeness (QED) is 0.369. The molecule has 10 heteroatoms. The predicted molar refractivity (Wildman–Crippen MR) is 137 cm³/mol. The van der Waals surface area contributed by atoms with Crippen molar-refractivity contribution < 1.29 is 23.1 Å². The molecule has 9 nitrogen and oxygen atoms in total. The van der Waals surface area contributed by atoms with E-state index < -0.39 is 16.0 Å². The number of nitrogens with one attached hydrogen (secondary N) is 1. The average Bonchev–Trinajstić information content (AvgIpc) is 2.80. The molecule has 0 saturated heterocycles. The van der Waals surface area contributed by atoms with Crippen LogP contribution in [0.15, 0.2) is 53.4 Å². The van der Waals surface area contributed by atoms with Crippen LogP contribution in [0.3, 0.4) is 0 Å². The Labute approximate surface area is 210 Å². The minimum atomic E-state index is -4.17. The molecule has 1 atom stereocenters. The molecule has 1 saturated carbocycles. The molecule has 4 rings (SSSR count). The number of carboxylic acids is 1. The van der Waals surface area contributed by atoms with Crippen LogP contribution in [-0.4, -0.2) is 42.1 Å². The Kier molecular flexibility index (Phi) is 7.56. The standard InChI is InChI=1S/C26H30N4O5S/c1-16-6-3-7-17(2)24(16)22-14-23(35-15-20(27)12-18-8-4-9-18)29-26(28-22)30-36(33,34)21-11-5-10-19(13-21)25(31)32/h3,5-7,10-11,13-14,18,20H,4,8-9,12,15,27H2,1-2H3,(H,31,32)(H,28,29,30). The molecule has 2 aromatic carbocycles. The van der Waals surface area contributed by atoms with Crippen LogP contribution in [-0.2, 0) is 10.0 Å². The van der Waals surface area contributed by atoms with Crippen LogP contribution >= 0.6 is 0 Å². The fourth-order valence-corrected chi connectivity index (χ4v) is 5.27. The van der Waals surface area contributed by atoms with Crippen molar-refractivity contribution in [1.82, 2.24) is 9.97 Å². The summed E-state index contributed by atoms with van der Waals surface area (Å²) in [7, 11) is -4.17.